The average Bonchev–Trinajstić information content (AvgIpc) is 2.51. The molecule has 2 N–H and O–H groups in total. The number of halogens is 3. The fourth-order valence-corrected chi connectivity index (χ4v) is 2.32. The molecule has 0 fully saturated rings. The molecular formula is C16H11F3N2. The number of aromatic nitrogens is 1. The van der Waals surface area contributed by atoms with Gasteiger partial charge in [-0.3, -0.25) is 4.98 Å². The summed E-state index contributed by atoms with van der Waals surface area (Å²) in [6.07, 6.45) is 3.23. The lowest BCUT2D eigenvalue weighted by molar-refractivity contribution is 0.444. The van der Waals surface area contributed by atoms with Crippen molar-refractivity contribution in [2.24, 2.45) is 5.73 Å². The second-order valence-electron chi connectivity index (χ2n) is 4.73. The number of fused-ring (bicyclic) bond motifs is 1. The first-order valence-corrected chi connectivity index (χ1v) is 6.30. The summed E-state index contributed by atoms with van der Waals surface area (Å²) in [5.41, 5.74) is 6.86. The molecule has 5 heteroatoms. The van der Waals surface area contributed by atoms with Gasteiger partial charge in [-0.25, -0.2) is 13.2 Å². The molecule has 21 heavy (non-hydrogen) atoms. The number of hydrogen-bond acceptors (Lipinski definition) is 2. The second-order valence-corrected chi connectivity index (χ2v) is 4.73. The van der Waals surface area contributed by atoms with Gasteiger partial charge in [-0.2, -0.15) is 0 Å². The molecule has 3 aromatic rings. The van der Waals surface area contributed by atoms with Gasteiger partial charge >= 0.3 is 0 Å². The van der Waals surface area contributed by atoms with E-state index in [1.54, 1.807) is 12.4 Å². The monoisotopic (exact) mass is 288 g/mol. The zero-order valence-electron chi connectivity index (χ0n) is 10.9. The van der Waals surface area contributed by atoms with Crippen LogP contribution in [0.25, 0.3) is 10.8 Å². The fourth-order valence-electron chi connectivity index (χ4n) is 2.32. The van der Waals surface area contributed by atoms with E-state index in [1.165, 1.54) is 0 Å². The zero-order chi connectivity index (χ0) is 15.0. The molecular weight excluding hydrogens is 277 g/mol. The third-order valence-corrected chi connectivity index (χ3v) is 3.40. The number of benzene rings is 2. The highest BCUT2D eigenvalue weighted by Crippen LogP contribution is 2.28. The molecule has 0 spiro atoms. The van der Waals surface area contributed by atoms with Crippen LogP contribution in [0.15, 0.2) is 48.8 Å². The van der Waals surface area contributed by atoms with Crippen molar-refractivity contribution in [3.8, 4) is 0 Å². The Bertz CT molecular complexity index is 789. The lowest BCUT2D eigenvalue weighted by atomic mass is 9.96. The lowest BCUT2D eigenvalue weighted by Gasteiger charge is -2.15. The fraction of sp³-hybridized carbons (Fsp3) is 0.0625. The van der Waals surface area contributed by atoms with Gasteiger partial charge in [0.1, 0.15) is 0 Å². The molecule has 2 nitrogen and oxygen atoms in total. The van der Waals surface area contributed by atoms with Gasteiger partial charge in [0.05, 0.1) is 6.04 Å². The Morgan fingerprint density at radius 2 is 1.62 bits per heavy atom. The SMILES string of the molecule is NC(c1cc(F)c(F)c(F)c1)c1cncc2ccccc12. The van der Waals surface area contributed by atoms with Crippen LogP contribution in [0, 0.1) is 17.5 Å². The van der Waals surface area contributed by atoms with Gasteiger partial charge in [0.25, 0.3) is 0 Å². The van der Waals surface area contributed by atoms with Crippen molar-refractivity contribution in [2.75, 3.05) is 0 Å². The Kier molecular flexibility index (Phi) is 3.35. The van der Waals surface area contributed by atoms with E-state index in [0.29, 0.717) is 5.56 Å². The van der Waals surface area contributed by atoms with E-state index in [1.807, 2.05) is 24.3 Å². The van der Waals surface area contributed by atoms with Crippen LogP contribution in [-0.2, 0) is 0 Å². The van der Waals surface area contributed by atoms with E-state index in [9.17, 15) is 13.2 Å². The van der Waals surface area contributed by atoms with Crippen molar-refractivity contribution in [2.45, 2.75) is 6.04 Å². The molecule has 1 aromatic heterocycles. The van der Waals surface area contributed by atoms with Crippen molar-refractivity contribution in [1.29, 1.82) is 0 Å². The predicted octanol–water partition coefficient (Wildman–Crippen LogP) is 3.70. The van der Waals surface area contributed by atoms with Crippen molar-refractivity contribution >= 4 is 10.8 Å². The largest absolute Gasteiger partial charge is 0.320 e. The Labute approximate surface area is 119 Å². The van der Waals surface area contributed by atoms with Crippen molar-refractivity contribution in [3.63, 3.8) is 0 Å². The molecule has 0 aliphatic carbocycles. The van der Waals surface area contributed by atoms with E-state index in [4.69, 9.17) is 5.73 Å². The molecule has 1 unspecified atom stereocenters. The maximum Gasteiger partial charge on any atom is 0.194 e. The van der Waals surface area contributed by atoms with Crippen LogP contribution >= 0.6 is 0 Å². The normalized spacial score (nSPS) is 12.6. The van der Waals surface area contributed by atoms with E-state index in [2.05, 4.69) is 4.98 Å². The standard InChI is InChI=1S/C16H11F3N2/c17-13-5-10(6-14(18)15(13)19)16(20)12-8-21-7-9-3-1-2-4-11(9)12/h1-8,16H,20H2. The summed E-state index contributed by atoms with van der Waals surface area (Å²) in [5.74, 6) is -4.01. The molecule has 0 bridgehead atoms. The molecule has 1 heterocycles. The van der Waals surface area contributed by atoms with Gasteiger partial charge in [0.15, 0.2) is 17.5 Å². The maximum atomic E-state index is 13.3. The first-order valence-electron chi connectivity index (χ1n) is 6.30. The highest BCUT2D eigenvalue weighted by molar-refractivity contribution is 5.85. The Hall–Kier alpha value is -2.40. The zero-order valence-corrected chi connectivity index (χ0v) is 10.9. The van der Waals surface area contributed by atoms with E-state index in [0.717, 1.165) is 22.9 Å². The Balaban J connectivity index is 2.15. The summed E-state index contributed by atoms with van der Waals surface area (Å²) >= 11 is 0. The number of pyridine rings is 1. The topological polar surface area (TPSA) is 38.9 Å². The van der Waals surface area contributed by atoms with Crippen molar-refractivity contribution in [1.82, 2.24) is 4.98 Å². The minimum Gasteiger partial charge on any atom is -0.320 e. The first-order chi connectivity index (χ1) is 10.1. The van der Waals surface area contributed by atoms with Crippen molar-refractivity contribution < 1.29 is 13.2 Å². The van der Waals surface area contributed by atoms with E-state index in [-0.39, 0.29) is 5.56 Å². The molecule has 106 valence electrons. The summed E-state index contributed by atoms with van der Waals surface area (Å²) < 4.78 is 39.7. The minimum atomic E-state index is -1.50. The van der Waals surface area contributed by atoms with Crippen LogP contribution in [0.3, 0.4) is 0 Å². The molecule has 0 radical (unpaired) electrons. The van der Waals surface area contributed by atoms with E-state index < -0.39 is 23.5 Å². The first kappa shape index (κ1) is 13.6. The van der Waals surface area contributed by atoms with Gasteiger partial charge in [-0.15, -0.1) is 0 Å². The quantitative estimate of drug-likeness (QED) is 0.730. The highest BCUT2D eigenvalue weighted by atomic mass is 19.2. The second kappa shape index (κ2) is 5.18. The molecule has 2 aromatic carbocycles. The smallest absolute Gasteiger partial charge is 0.194 e. The van der Waals surface area contributed by atoms with Gasteiger partial charge < -0.3 is 5.73 Å². The maximum absolute atomic E-state index is 13.3. The van der Waals surface area contributed by atoms with Crippen LogP contribution in [0.4, 0.5) is 13.2 Å². The molecule has 0 amide bonds. The number of nitrogens with two attached hydrogens (primary N) is 1. The highest BCUT2D eigenvalue weighted by Gasteiger charge is 2.17. The van der Waals surface area contributed by atoms with Crippen molar-refractivity contribution in [3.05, 3.63) is 77.4 Å². The third kappa shape index (κ3) is 2.36. The molecule has 0 aliphatic rings. The predicted molar refractivity (Wildman–Crippen MR) is 74.1 cm³/mol. The van der Waals surface area contributed by atoms with Crippen LogP contribution in [-0.4, -0.2) is 4.98 Å². The van der Waals surface area contributed by atoms with Gasteiger partial charge in [0, 0.05) is 17.8 Å². The number of rotatable bonds is 2. The third-order valence-electron chi connectivity index (χ3n) is 3.40. The molecule has 1 atom stereocenters. The van der Waals surface area contributed by atoms with Crippen LogP contribution in [0.5, 0.6) is 0 Å². The summed E-state index contributed by atoms with van der Waals surface area (Å²) in [6.45, 7) is 0. The lowest BCUT2D eigenvalue weighted by Crippen LogP contribution is -2.14. The molecule has 0 saturated carbocycles. The Morgan fingerprint density at radius 3 is 2.33 bits per heavy atom. The molecule has 3 rings (SSSR count). The number of nitrogens with zero attached hydrogens (tertiary/aromatic N) is 1. The van der Waals surface area contributed by atoms with Gasteiger partial charge in [-0.05, 0) is 28.6 Å². The summed E-state index contributed by atoms with van der Waals surface area (Å²) in [7, 11) is 0. The molecule has 0 saturated heterocycles. The summed E-state index contributed by atoms with van der Waals surface area (Å²) in [6, 6.07) is 8.43. The van der Waals surface area contributed by atoms with Crippen LogP contribution in [0.1, 0.15) is 17.2 Å². The summed E-state index contributed by atoms with van der Waals surface area (Å²) in [5, 5.41) is 1.71. The summed E-state index contributed by atoms with van der Waals surface area (Å²) in [4.78, 5) is 4.08. The molecule has 0 aliphatic heterocycles. The van der Waals surface area contributed by atoms with Crippen LogP contribution in [0.2, 0.25) is 0 Å². The van der Waals surface area contributed by atoms with Crippen LogP contribution < -0.4 is 5.73 Å². The Morgan fingerprint density at radius 1 is 0.952 bits per heavy atom. The van der Waals surface area contributed by atoms with Gasteiger partial charge in [0.2, 0.25) is 0 Å². The number of hydrogen-bond donors (Lipinski definition) is 1. The minimum absolute atomic E-state index is 0.157. The van der Waals surface area contributed by atoms with E-state index >= 15 is 0 Å². The average molecular weight is 288 g/mol. The van der Waals surface area contributed by atoms with Gasteiger partial charge in [-0.1, -0.05) is 24.3 Å².